The summed E-state index contributed by atoms with van der Waals surface area (Å²) < 4.78 is 17.1. The Bertz CT molecular complexity index is 1470. The molecule has 7 nitrogen and oxygen atoms in total. The van der Waals surface area contributed by atoms with E-state index in [0.29, 0.717) is 31.6 Å². The van der Waals surface area contributed by atoms with Crippen molar-refractivity contribution in [3.8, 4) is 0 Å². The third-order valence-corrected chi connectivity index (χ3v) is 9.45. The van der Waals surface area contributed by atoms with Gasteiger partial charge in [-0.2, -0.15) is 11.8 Å². The first-order valence-corrected chi connectivity index (χ1v) is 15.7. The SMILES string of the molecule is CC(C)Cc1ccc(C(C)C(=O)NC2CCC(n3c(=O)c4cc(F)cnc4n(C4CCSCC4)c3=O)CC2)cc1. The molecule has 1 aliphatic carbocycles. The quantitative estimate of drug-likeness (QED) is 0.416. The van der Waals surface area contributed by atoms with Crippen molar-refractivity contribution < 1.29 is 9.18 Å². The second kappa shape index (κ2) is 12.3. The molecule has 1 unspecified atom stereocenters. The van der Waals surface area contributed by atoms with Gasteiger partial charge in [0, 0.05) is 18.1 Å². The second-order valence-electron chi connectivity index (χ2n) is 11.8. The van der Waals surface area contributed by atoms with Gasteiger partial charge in [-0.15, -0.1) is 0 Å². The third-order valence-electron chi connectivity index (χ3n) is 8.40. The summed E-state index contributed by atoms with van der Waals surface area (Å²) in [6, 6.07) is 9.12. The van der Waals surface area contributed by atoms with Gasteiger partial charge in [0.25, 0.3) is 5.56 Å². The van der Waals surface area contributed by atoms with Crippen LogP contribution in [0.1, 0.15) is 88.4 Å². The number of aromatic nitrogens is 3. The molecule has 1 aliphatic heterocycles. The fraction of sp³-hybridized carbons (Fsp3) is 0.548. The third kappa shape index (κ3) is 6.04. The molecule has 2 fully saturated rings. The van der Waals surface area contributed by atoms with Crippen LogP contribution in [0.25, 0.3) is 11.0 Å². The molecule has 0 bridgehead atoms. The first-order valence-electron chi connectivity index (χ1n) is 14.5. The van der Waals surface area contributed by atoms with E-state index in [0.717, 1.165) is 42.5 Å². The Kier molecular flexibility index (Phi) is 8.78. The number of pyridine rings is 1. The number of rotatable bonds is 7. The van der Waals surface area contributed by atoms with E-state index in [2.05, 4.69) is 36.3 Å². The normalized spacial score (nSPS) is 21.0. The van der Waals surface area contributed by atoms with Crippen LogP contribution in [0.15, 0.2) is 46.1 Å². The fourth-order valence-electron chi connectivity index (χ4n) is 6.17. The highest BCUT2D eigenvalue weighted by Crippen LogP contribution is 2.30. The molecule has 1 N–H and O–H groups in total. The van der Waals surface area contributed by atoms with E-state index in [4.69, 9.17) is 0 Å². The van der Waals surface area contributed by atoms with Crippen LogP contribution in [0.4, 0.5) is 4.39 Å². The number of carbonyl (C=O) groups excluding carboxylic acids is 1. The van der Waals surface area contributed by atoms with Gasteiger partial charge < -0.3 is 5.32 Å². The van der Waals surface area contributed by atoms with Crippen molar-refractivity contribution in [1.82, 2.24) is 19.4 Å². The molecule has 5 rings (SSSR count). The van der Waals surface area contributed by atoms with Gasteiger partial charge in [0.15, 0.2) is 0 Å². The topological polar surface area (TPSA) is 86.0 Å². The predicted octanol–water partition coefficient (Wildman–Crippen LogP) is 5.37. The number of carbonyl (C=O) groups is 1. The van der Waals surface area contributed by atoms with E-state index in [9.17, 15) is 18.8 Å². The Morgan fingerprint density at radius 3 is 2.30 bits per heavy atom. The van der Waals surface area contributed by atoms with Crippen LogP contribution in [-0.4, -0.2) is 37.6 Å². The van der Waals surface area contributed by atoms with Crippen molar-refractivity contribution in [1.29, 1.82) is 0 Å². The van der Waals surface area contributed by atoms with Crippen LogP contribution in [0.3, 0.4) is 0 Å². The van der Waals surface area contributed by atoms with Crippen molar-refractivity contribution in [2.75, 3.05) is 11.5 Å². The van der Waals surface area contributed by atoms with E-state index < -0.39 is 11.4 Å². The van der Waals surface area contributed by atoms with E-state index in [1.165, 1.54) is 16.2 Å². The number of amides is 1. The van der Waals surface area contributed by atoms with Gasteiger partial charge >= 0.3 is 5.69 Å². The second-order valence-corrected chi connectivity index (χ2v) is 13.0. The van der Waals surface area contributed by atoms with Crippen LogP contribution in [-0.2, 0) is 11.2 Å². The van der Waals surface area contributed by atoms with Crippen LogP contribution in [0.5, 0.6) is 0 Å². The zero-order valence-corrected chi connectivity index (χ0v) is 24.4. The molecule has 1 saturated heterocycles. The molecule has 0 spiro atoms. The standard InChI is InChI=1S/C31H39FN4O3S/c1-19(2)16-21-4-6-22(7-5-21)20(3)29(37)34-24-8-10-25(11-9-24)36-30(38)27-17-23(32)18-33-28(27)35(31(36)39)26-12-14-40-15-13-26/h4-7,17-20,24-26H,8-16H2,1-3H3,(H,34,37). The molecule has 40 heavy (non-hydrogen) atoms. The van der Waals surface area contributed by atoms with Gasteiger partial charge in [0.05, 0.1) is 17.5 Å². The number of nitrogens with zero attached hydrogens (tertiary/aromatic N) is 3. The highest BCUT2D eigenvalue weighted by molar-refractivity contribution is 7.99. The number of hydrogen-bond donors (Lipinski definition) is 1. The predicted molar refractivity (Wildman–Crippen MR) is 159 cm³/mol. The van der Waals surface area contributed by atoms with Crippen molar-refractivity contribution >= 4 is 28.7 Å². The molecule has 1 atom stereocenters. The Labute approximate surface area is 238 Å². The Morgan fingerprint density at radius 1 is 1.00 bits per heavy atom. The molecule has 2 aromatic heterocycles. The van der Waals surface area contributed by atoms with Crippen LogP contribution < -0.4 is 16.6 Å². The maximum Gasteiger partial charge on any atom is 0.333 e. The van der Waals surface area contributed by atoms with Gasteiger partial charge in [0.2, 0.25) is 5.91 Å². The molecule has 1 amide bonds. The molecule has 0 radical (unpaired) electrons. The highest BCUT2D eigenvalue weighted by Gasteiger charge is 2.30. The minimum absolute atomic E-state index is 0.0120. The summed E-state index contributed by atoms with van der Waals surface area (Å²) in [5, 5.41) is 3.35. The molecule has 3 aromatic rings. The average molecular weight is 567 g/mol. The molecule has 214 valence electrons. The summed E-state index contributed by atoms with van der Waals surface area (Å²) in [5.41, 5.74) is 1.71. The first kappa shape index (κ1) is 28.6. The summed E-state index contributed by atoms with van der Waals surface area (Å²) in [6.07, 6.45) is 6.24. The largest absolute Gasteiger partial charge is 0.353 e. The van der Waals surface area contributed by atoms with Crippen molar-refractivity contribution in [2.45, 2.75) is 89.8 Å². The summed E-state index contributed by atoms with van der Waals surface area (Å²) in [7, 11) is 0. The molecule has 3 heterocycles. The zero-order chi connectivity index (χ0) is 28.4. The maximum atomic E-state index is 14.2. The summed E-state index contributed by atoms with van der Waals surface area (Å²) in [4.78, 5) is 44.5. The Balaban J connectivity index is 1.31. The lowest BCUT2D eigenvalue weighted by Crippen LogP contribution is -2.47. The number of nitrogens with one attached hydrogen (secondary N) is 1. The van der Waals surface area contributed by atoms with E-state index >= 15 is 0 Å². The van der Waals surface area contributed by atoms with Crippen LogP contribution in [0, 0.1) is 11.7 Å². The number of halogens is 1. The number of thioether (sulfide) groups is 1. The van der Waals surface area contributed by atoms with Crippen LogP contribution >= 0.6 is 11.8 Å². The van der Waals surface area contributed by atoms with Crippen molar-refractivity contribution in [3.63, 3.8) is 0 Å². The molecule has 9 heteroatoms. The van der Waals surface area contributed by atoms with Gasteiger partial charge in [-0.1, -0.05) is 38.1 Å². The van der Waals surface area contributed by atoms with Crippen molar-refractivity contribution in [2.24, 2.45) is 5.92 Å². The summed E-state index contributed by atoms with van der Waals surface area (Å²) in [6.45, 7) is 6.31. The molecule has 1 aromatic carbocycles. The lowest BCUT2D eigenvalue weighted by atomic mass is 9.90. The lowest BCUT2D eigenvalue weighted by molar-refractivity contribution is -0.123. The van der Waals surface area contributed by atoms with E-state index in [1.54, 1.807) is 4.57 Å². The highest BCUT2D eigenvalue weighted by atomic mass is 32.2. The molecular formula is C31H39FN4O3S. The van der Waals surface area contributed by atoms with Gasteiger partial charge in [-0.25, -0.2) is 14.2 Å². The lowest BCUT2D eigenvalue weighted by Gasteiger charge is -2.32. The first-order chi connectivity index (χ1) is 19.2. The van der Waals surface area contributed by atoms with E-state index in [1.807, 2.05) is 30.8 Å². The number of benzene rings is 1. The summed E-state index contributed by atoms with van der Waals surface area (Å²) in [5.74, 6) is 1.59. The monoisotopic (exact) mass is 566 g/mol. The number of fused-ring (bicyclic) bond motifs is 1. The zero-order valence-electron chi connectivity index (χ0n) is 23.6. The molecule has 2 aliphatic rings. The van der Waals surface area contributed by atoms with Crippen molar-refractivity contribution in [3.05, 3.63) is 74.3 Å². The Hall–Kier alpha value is -2.94. The molecule has 1 saturated carbocycles. The van der Waals surface area contributed by atoms with Crippen LogP contribution in [0.2, 0.25) is 0 Å². The van der Waals surface area contributed by atoms with Gasteiger partial charge in [-0.05, 0) is 86.5 Å². The fourth-order valence-corrected chi connectivity index (χ4v) is 7.25. The minimum atomic E-state index is -0.587. The van der Waals surface area contributed by atoms with E-state index in [-0.39, 0.29) is 46.7 Å². The average Bonchev–Trinajstić information content (AvgIpc) is 2.95. The molecular weight excluding hydrogens is 527 g/mol. The van der Waals surface area contributed by atoms with Gasteiger partial charge in [-0.3, -0.25) is 18.7 Å². The maximum absolute atomic E-state index is 14.2. The Morgan fingerprint density at radius 2 is 1.65 bits per heavy atom. The number of hydrogen-bond acceptors (Lipinski definition) is 5. The smallest absolute Gasteiger partial charge is 0.333 e. The summed E-state index contributed by atoms with van der Waals surface area (Å²) >= 11 is 1.85. The minimum Gasteiger partial charge on any atom is -0.353 e. The van der Waals surface area contributed by atoms with Gasteiger partial charge in [0.1, 0.15) is 11.5 Å².